The van der Waals surface area contributed by atoms with E-state index in [1.807, 2.05) is 0 Å². The summed E-state index contributed by atoms with van der Waals surface area (Å²) in [6.07, 6.45) is 1.95. The first-order valence-electron chi connectivity index (χ1n) is 6.61. The molecule has 0 radical (unpaired) electrons. The number of ether oxygens (including phenoxy) is 1. The average Bonchev–Trinajstić information content (AvgIpc) is 2.54. The third kappa shape index (κ3) is 4.44. The van der Waals surface area contributed by atoms with Gasteiger partial charge in [0.05, 0.1) is 0 Å². The summed E-state index contributed by atoms with van der Waals surface area (Å²) in [4.78, 5) is 22.9. The Labute approximate surface area is 131 Å². The second-order valence-corrected chi connectivity index (χ2v) is 4.52. The molecule has 2 rings (SSSR count). The number of carbonyl (C=O) groups is 2. The normalized spacial score (nSPS) is 9.83. The summed E-state index contributed by atoms with van der Waals surface area (Å²) in [5.41, 5.74) is 1.40. The zero-order chi connectivity index (χ0) is 16.8. The zero-order valence-corrected chi connectivity index (χ0v) is 12.0. The van der Waals surface area contributed by atoms with Crippen LogP contribution in [-0.4, -0.2) is 11.9 Å². The van der Waals surface area contributed by atoms with Crippen molar-refractivity contribution >= 4 is 17.5 Å². The lowest BCUT2D eigenvalue weighted by Crippen LogP contribution is -2.08. The number of rotatable bonds is 4. The summed E-state index contributed by atoms with van der Waals surface area (Å²) in [5.74, 6) is -2.66. The summed E-state index contributed by atoms with van der Waals surface area (Å²) < 4.78 is 30.6. The highest BCUT2D eigenvalue weighted by molar-refractivity contribution is 6.02. The Kier molecular flexibility index (Phi) is 5.15. The fraction of sp³-hybridized carbons (Fsp3) is 0. The van der Waals surface area contributed by atoms with Crippen molar-refractivity contribution in [2.45, 2.75) is 0 Å². The van der Waals surface area contributed by atoms with Crippen molar-refractivity contribution < 1.29 is 23.1 Å². The minimum atomic E-state index is -0.904. The largest absolute Gasteiger partial charge is 0.387 e. The van der Waals surface area contributed by atoms with Crippen LogP contribution in [0, 0.1) is 11.6 Å². The van der Waals surface area contributed by atoms with Gasteiger partial charge in [-0.05, 0) is 41.0 Å². The minimum Gasteiger partial charge on any atom is -0.387 e. The molecule has 0 aromatic heterocycles. The SMILES string of the molecule is C=CC(=O)OC(=O)C=C(c1ccc(F)cc1)c1ccc(F)cc1. The van der Waals surface area contributed by atoms with Crippen molar-refractivity contribution in [3.8, 4) is 0 Å². The first-order chi connectivity index (χ1) is 11.0. The van der Waals surface area contributed by atoms with E-state index in [1.165, 1.54) is 48.5 Å². The molecule has 2 aromatic carbocycles. The van der Waals surface area contributed by atoms with Gasteiger partial charge in [0, 0.05) is 12.2 Å². The number of hydrogen-bond acceptors (Lipinski definition) is 3. The molecule has 0 heterocycles. The number of carbonyl (C=O) groups excluding carboxylic acids is 2. The fourth-order valence-corrected chi connectivity index (χ4v) is 1.88. The van der Waals surface area contributed by atoms with E-state index >= 15 is 0 Å². The van der Waals surface area contributed by atoms with Crippen molar-refractivity contribution in [1.82, 2.24) is 0 Å². The molecule has 5 heteroatoms. The van der Waals surface area contributed by atoms with Crippen molar-refractivity contribution in [1.29, 1.82) is 0 Å². The number of halogens is 2. The number of hydrogen-bond donors (Lipinski definition) is 0. The first-order valence-corrected chi connectivity index (χ1v) is 6.61. The molecule has 0 saturated heterocycles. The Morgan fingerprint density at radius 3 is 1.65 bits per heavy atom. The molecule has 0 spiro atoms. The van der Waals surface area contributed by atoms with Crippen LogP contribution in [0.2, 0.25) is 0 Å². The highest BCUT2D eigenvalue weighted by Gasteiger charge is 2.11. The molecule has 0 unspecified atom stereocenters. The van der Waals surface area contributed by atoms with E-state index in [0.29, 0.717) is 16.7 Å². The molecule has 0 bridgehead atoms. The van der Waals surface area contributed by atoms with Crippen LogP contribution >= 0.6 is 0 Å². The minimum absolute atomic E-state index is 0.367. The van der Waals surface area contributed by atoms with Crippen LogP contribution in [0.15, 0.2) is 67.3 Å². The van der Waals surface area contributed by atoms with E-state index in [-0.39, 0.29) is 0 Å². The Bertz CT molecular complexity index is 712. The zero-order valence-electron chi connectivity index (χ0n) is 12.0. The molecule has 0 atom stereocenters. The van der Waals surface area contributed by atoms with Crippen LogP contribution in [0.3, 0.4) is 0 Å². The van der Waals surface area contributed by atoms with Gasteiger partial charge in [-0.1, -0.05) is 30.8 Å². The summed E-state index contributed by atoms with van der Waals surface area (Å²) in [7, 11) is 0. The van der Waals surface area contributed by atoms with Crippen LogP contribution < -0.4 is 0 Å². The maximum absolute atomic E-state index is 13.1. The van der Waals surface area contributed by atoms with Crippen LogP contribution in [-0.2, 0) is 14.3 Å². The van der Waals surface area contributed by atoms with Gasteiger partial charge in [-0.15, -0.1) is 0 Å². The van der Waals surface area contributed by atoms with Gasteiger partial charge in [-0.3, -0.25) is 0 Å². The van der Waals surface area contributed by atoms with Gasteiger partial charge in [-0.25, -0.2) is 18.4 Å². The van der Waals surface area contributed by atoms with E-state index in [9.17, 15) is 18.4 Å². The third-order valence-corrected chi connectivity index (χ3v) is 2.94. The van der Waals surface area contributed by atoms with Gasteiger partial charge in [0.15, 0.2) is 0 Å². The maximum Gasteiger partial charge on any atom is 0.339 e. The predicted octanol–water partition coefficient (Wildman–Crippen LogP) is 3.65. The van der Waals surface area contributed by atoms with Gasteiger partial charge < -0.3 is 4.74 Å². The van der Waals surface area contributed by atoms with Crippen LogP contribution in [0.1, 0.15) is 11.1 Å². The third-order valence-electron chi connectivity index (χ3n) is 2.94. The lowest BCUT2D eigenvalue weighted by molar-refractivity contribution is -0.152. The summed E-state index contributed by atoms with van der Waals surface area (Å²) >= 11 is 0. The van der Waals surface area contributed by atoms with Crippen LogP contribution in [0.5, 0.6) is 0 Å². The van der Waals surface area contributed by atoms with Gasteiger partial charge >= 0.3 is 11.9 Å². The number of benzene rings is 2. The Morgan fingerprint density at radius 1 is 0.826 bits per heavy atom. The molecular formula is C18H12F2O3. The smallest absolute Gasteiger partial charge is 0.339 e. The molecule has 0 amide bonds. The van der Waals surface area contributed by atoms with Gasteiger partial charge in [0.2, 0.25) is 0 Å². The Morgan fingerprint density at radius 2 is 1.26 bits per heavy atom. The molecule has 0 aliphatic carbocycles. The van der Waals surface area contributed by atoms with Crippen molar-refractivity contribution in [2.75, 3.05) is 0 Å². The standard InChI is InChI=1S/C18H12F2O3/c1-2-17(21)23-18(22)11-16(12-3-7-14(19)8-4-12)13-5-9-15(20)10-6-13/h2-11H,1H2. The molecule has 3 nitrogen and oxygen atoms in total. The Hall–Kier alpha value is -3.08. The first kappa shape index (κ1) is 16.3. The molecule has 0 aliphatic rings. The van der Waals surface area contributed by atoms with E-state index < -0.39 is 23.6 Å². The Balaban J connectivity index is 2.44. The van der Waals surface area contributed by atoms with Gasteiger partial charge in [0.1, 0.15) is 11.6 Å². The second kappa shape index (κ2) is 7.26. The van der Waals surface area contributed by atoms with Crippen molar-refractivity contribution in [3.05, 3.63) is 90.0 Å². The van der Waals surface area contributed by atoms with Crippen molar-refractivity contribution in [2.24, 2.45) is 0 Å². The summed E-state index contributed by atoms with van der Waals surface area (Å²) in [6, 6.07) is 10.8. The van der Waals surface area contributed by atoms with E-state index in [1.54, 1.807) is 0 Å². The fourth-order valence-electron chi connectivity index (χ4n) is 1.88. The highest BCUT2D eigenvalue weighted by atomic mass is 19.1. The van der Waals surface area contributed by atoms with Crippen LogP contribution in [0.4, 0.5) is 8.78 Å². The molecule has 23 heavy (non-hydrogen) atoms. The molecular weight excluding hydrogens is 302 g/mol. The lowest BCUT2D eigenvalue weighted by Gasteiger charge is -2.08. The second-order valence-electron chi connectivity index (χ2n) is 4.52. The van der Waals surface area contributed by atoms with Crippen molar-refractivity contribution in [3.63, 3.8) is 0 Å². The lowest BCUT2D eigenvalue weighted by atomic mass is 9.97. The monoisotopic (exact) mass is 314 g/mol. The quantitative estimate of drug-likeness (QED) is 0.491. The van der Waals surface area contributed by atoms with E-state index in [0.717, 1.165) is 12.2 Å². The predicted molar refractivity (Wildman–Crippen MR) is 81.2 cm³/mol. The molecule has 116 valence electrons. The highest BCUT2D eigenvalue weighted by Crippen LogP contribution is 2.24. The van der Waals surface area contributed by atoms with Gasteiger partial charge in [-0.2, -0.15) is 0 Å². The maximum atomic E-state index is 13.1. The molecule has 2 aromatic rings. The molecule has 0 fully saturated rings. The van der Waals surface area contributed by atoms with Crippen LogP contribution in [0.25, 0.3) is 5.57 Å². The summed E-state index contributed by atoms with van der Waals surface area (Å²) in [5, 5.41) is 0. The van der Waals surface area contributed by atoms with E-state index in [2.05, 4.69) is 11.3 Å². The average molecular weight is 314 g/mol. The number of esters is 2. The molecule has 0 N–H and O–H groups in total. The van der Waals surface area contributed by atoms with Gasteiger partial charge in [0.25, 0.3) is 0 Å². The summed E-state index contributed by atoms with van der Waals surface area (Å²) in [6.45, 7) is 3.20. The molecule has 0 saturated carbocycles. The topological polar surface area (TPSA) is 43.4 Å². The molecule has 0 aliphatic heterocycles. The van der Waals surface area contributed by atoms with E-state index in [4.69, 9.17) is 0 Å².